The molecule has 0 aliphatic carbocycles. The van der Waals surface area contributed by atoms with Crippen molar-refractivity contribution in [2.45, 2.75) is 0 Å². The van der Waals surface area contributed by atoms with Crippen LogP contribution in [0.15, 0.2) is 54.9 Å². The second-order valence-electron chi connectivity index (χ2n) is 4.10. The largest absolute Gasteiger partial charge is 0.278 e. The normalized spacial score (nSPS) is 10.1. The molecule has 3 aromatic rings. The van der Waals surface area contributed by atoms with Crippen molar-refractivity contribution in [3.63, 3.8) is 0 Å². The third-order valence-corrected chi connectivity index (χ3v) is 2.86. The molecule has 2 aromatic heterocycles. The van der Waals surface area contributed by atoms with Gasteiger partial charge in [0.1, 0.15) is 6.07 Å². The first-order valence-corrected chi connectivity index (χ1v) is 5.83. The Labute approximate surface area is 110 Å². The van der Waals surface area contributed by atoms with Crippen molar-refractivity contribution in [1.29, 1.82) is 5.26 Å². The minimum atomic E-state index is 0.563. The van der Waals surface area contributed by atoms with Crippen LogP contribution in [0.3, 0.4) is 0 Å². The summed E-state index contributed by atoms with van der Waals surface area (Å²) in [5, 5.41) is 15.7. The van der Waals surface area contributed by atoms with Crippen LogP contribution in [0, 0.1) is 11.3 Å². The molecule has 19 heavy (non-hydrogen) atoms. The number of aromatic amines is 1. The van der Waals surface area contributed by atoms with Crippen LogP contribution in [0.2, 0.25) is 0 Å². The van der Waals surface area contributed by atoms with Crippen LogP contribution < -0.4 is 0 Å². The van der Waals surface area contributed by atoms with Crippen LogP contribution in [-0.2, 0) is 0 Å². The molecule has 1 aromatic carbocycles. The average molecular weight is 246 g/mol. The molecule has 0 spiro atoms. The predicted molar refractivity (Wildman–Crippen MR) is 72.0 cm³/mol. The maximum absolute atomic E-state index is 8.77. The summed E-state index contributed by atoms with van der Waals surface area (Å²) in [5.41, 5.74) is 4.45. The highest BCUT2D eigenvalue weighted by Gasteiger charge is 2.03. The van der Waals surface area contributed by atoms with E-state index in [1.54, 1.807) is 18.5 Å². The number of nitrogens with one attached hydrogen (secondary N) is 1. The average Bonchev–Trinajstić information content (AvgIpc) is 3.02. The molecule has 3 rings (SSSR count). The van der Waals surface area contributed by atoms with E-state index < -0.39 is 0 Å². The molecule has 0 aliphatic heterocycles. The van der Waals surface area contributed by atoms with Gasteiger partial charge in [0.15, 0.2) is 0 Å². The summed E-state index contributed by atoms with van der Waals surface area (Å²) in [6.45, 7) is 0. The van der Waals surface area contributed by atoms with E-state index in [1.807, 2.05) is 36.4 Å². The van der Waals surface area contributed by atoms with Crippen LogP contribution >= 0.6 is 0 Å². The van der Waals surface area contributed by atoms with Gasteiger partial charge in [-0.05, 0) is 24.3 Å². The third kappa shape index (κ3) is 2.22. The highest BCUT2D eigenvalue weighted by Crippen LogP contribution is 2.23. The molecular formula is C15H10N4. The van der Waals surface area contributed by atoms with Gasteiger partial charge in [-0.25, -0.2) is 0 Å². The second-order valence-corrected chi connectivity index (χ2v) is 4.10. The first-order chi connectivity index (χ1) is 9.36. The highest BCUT2D eigenvalue weighted by atomic mass is 15.1. The van der Waals surface area contributed by atoms with Gasteiger partial charge in [-0.15, -0.1) is 0 Å². The molecule has 1 N–H and O–H groups in total. The molecule has 4 nitrogen and oxygen atoms in total. The number of hydrogen-bond donors (Lipinski definition) is 1. The zero-order chi connectivity index (χ0) is 13.1. The fourth-order valence-corrected chi connectivity index (χ4v) is 1.89. The van der Waals surface area contributed by atoms with Gasteiger partial charge in [-0.3, -0.25) is 10.1 Å². The number of H-pyrrole nitrogens is 1. The van der Waals surface area contributed by atoms with Crippen LogP contribution in [0.4, 0.5) is 0 Å². The predicted octanol–water partition coefficient (Wildman–Crippen LogP) is 3.01. The van der Waals surface area contributed by atoms with E-state index in [0.717, 1.165) is 22.5 Å². The Bertz CT molecular complexity index is 722. The van der Waals surface area contributed by atoms with Crippen molar-refractivity contribution in [2.75, 3.05) is 0 Å². The lowest BCUT2D eigenvalue weighted by molar-refractivity contribution is 1.10. The standard InChI is InChI=1S/C15H10N4/c16-9-11-4-5-14(17-10-11)12-2-1-3-13(8-12)15-6-7-18-19-15/h1-8,10H,(H,18,19). The molecule has 0 unspecified atom stereocenters. The van der Waals surface area contributed by atoms with Crippen molar-refractivity contribution < 1.29 is 0 Å². The van der Waals surface area contributed by atoms with E-state index >= 15 is 0 Å². The quantitative estimate of drug-likeness (QED) is 0.755. The first kappa shape index (κ1) is 11.2. The van der Waals surface area contributed by atoms with Gasteiger partial charge in [0.2, 0.25) is 0 Å². The summed E-state index contributed by atoms with van der Waals surface area (Å²) in [4.78, 5) is 4.29. The molecule has 0 radical (unpaired) electrons. The molecule has 0 aliphatic rings. The van der Waals surface area contributed by atoms with Crippen molar-refractivity contribution in [3.05, 3.63) is 60.4 Å². The number of pyridine rings is 1. The second kappa shape index (κ2) is 4.75. The number of nitrogens with zero attached hydrogens (tertiary/aromatic N) is 3. The Morgan fingerprint density at radius 2 is 1.95 bits per heavy atom. The molecule has 0 atom stereocenters. The summed E-state index contributed by atoms with van der Waals surface area (Å²) < 4.78 is 0. The van der Waals surface area contributed by atoms with Gasteiger partial charge < -0.3 is 0 Å². The molecule has 0 bridgehead atoms. The van der Waals surface area contributed by atoms with Crippen LogP contribution in [0.25, 0.3) is 22.5 Å². The van der Waals surface area contributed by atoms with Gasteiger partial charge in [0.25, 0.3) is 0 Å². The van der Waals surface area contributed by atoms with E-state index in [4.69, 9.17) is 5.26 Å². The molecular weight excluding hydrogens is 236 g/mol. The summed E-state index contributed by atoms with van der Waals surface area (Å²) in [6.07, 6.45) is 3.31. The summed E-state index contributed by atoms with van der Waals surface area (Å²) >= 11 is 0. The SMILES string of the molecule is N#Cc1ccc(-c2cccc(-c3ccn[nH]3)c2)nc1. The summed E-state index contributed by atoms with van der Waals surface area (Å²) in [6, 6.07) is 15.6. The fourth-order valence-electron chi connectivity index (χ4n) is 1.89. The fraction of sp³-hybridized carbons (Fsp3) is 0. The Hall–Kier alpha value is -2.93. The molecule has 0 saturated carbocycles. The van der Waals surface area contributed by atoms with E-state index in [1.165, 1.54) is 0 Å². The number of benzene rings is 1. The Balaban J connectivity index is 2.01. The van der Waals surface area contributed by atoms with Crippen LogP contribution in [0.1, 0.15) is 5.56 Å². The highest BCUT2D eigenvalue weighted by molar-refractivity contribution is 5.69. The maximum atomic E-state index is 8.77. The topological polar surface area (TPSA) is 65.4 Å². The lowest BCUT2D eigenvalue weighted by atomic mass is 10.1. The van der Waals surface area contributed by atoms with Crippen LogP contribution in [0.5, 0.6) is 0 Å². The Morgan fingerprint density at radius 1 is 1.05 bits per heavy atom. The Morgan fingerprint density at radius 3 is 2.63 bits per heavy atom. The molecule has 0 saturated heterocycles. The van der Waals surface area contributed by atoms with Crippen LogP contribution in [-0.4, -0.2) is 15.2 Å². The first-order valence-electron chi connectivity index (χ1n) is 5.83. The summed E-state index contributed by atoms with van der Waals surface area (Å²) in [7, 11) is 0. The number of nitriles is 1. The molecule has 90 valence electrons. The van der Waals surface area contributed by atoms with Gasteiger partial charge in [-0.1, -0.05) is 18.2 Å². The van der Waals surface area contributed by atoms with Crippen molar-refractivity contribution in [2.24, 2.45) is 0 Å². The number of hydrogen-bond acceptors (Lipinski definition) is 3. The minimum absolute atomic E-state index is 0.563. The molecule has 0 amide bonds. The number of aromatic nitrogens is 3. The van der Waals surface area contributed by atoms with Crippen molar-refractivity contribution in [1.82, 2.24) is 15.2 Å². The van der Waals surface area contributed by atoms with Gasteiger partial charge in [-0.2, -0.15) is 10.4 Å². The van der Waals surface area contributed by atoms with Gasteiger partial charge in [0.05, 0.1) is 17.0 Å². The van der Waals surface area contributed by atoms with E-state index in [-0.39, 0.29) is 0 Å². The van der Waals surface area contributed by atoms with Gasteiger partial charge >= 0.3 is 0 Å². The molecule has 4 heteroatoms. The number of rotatable bonds is 2. The van der Waals surface area contributed by atoms with E-state index in [0.29, 0.717) is 5.56 Å². The van der Waals surface area contributed by atoms with E-state index in [9.17, 15) is 0 Å². The third-order valence-electron chi connectivity index (χ3n) is 2.86. The lowest BCUT2D eigenvalue weighted by Gasteiger charge is -2.03. The summed E-state index contributed by atoms with van der Waals surface area (Å²) in [5.74, 6) is 0. The van der Waals surface area contributed by atoms with Gasteiger partial charge in [0, 0.05) is 23.5 Å². The molecule has 0 fully saturated rings. The van der Waals surface area contributed by atoms with Crippen molar-refractivity contribution >= 4 is 0 Å². The Kier molecular flexibility index (Phi) is 2.79. The minimum Gasteiger partial charge on any atom is -0.278 e. The van der Waals surface area contributed by atoms with Crippen molar-refractivity contribution in [3.8, 4) is 28.6 Å². The maximum Gasteiger partial charge on any atom is 0.101 e. The lowest BCUT2D eigenvalue weighted by Crippen LogP contribution is -1.86. The van der Waals surface area contributed by atoms with E-state index in [2.05, 4.69) is 21.3 Å². The monoisotopic (exact) mass is 246 g/mol. The zero-order valence-corrected chi connectivity index (χ0v) is 10.0. The zero-order valence-electron chi connectivity index (χ0n) is 10.0. The smallest absolute Gasteiger partial charge is 0.101 e. The molecule has 2 heterocycles.